The van der Waals surface area contributed by atoms with Crippen LogP contribution in [0.3, 0.4) is 0 Å². The molecule has 1 saturated carbocycles. The van der Waals surface area contributed by atoms with Gasteiger partial charge in [0.2, 0.25) is 0 Å². The maximum absolute atomic E-state index is 3.03. The summed E-state index contributed by atoms with van der Waals surface area (Å²) in [4.78, 5) is 8.30. The quantitative estimate of drug-likeness (QED) is 0.147. The van der Waals surface area contributed by atoms with E-state index in [2.05, 4.69) is 290 Å². The fourth-order valence-corrected chi connectivity index (χ4v) is 21.8. The van der Waals surface area contributed by atoms with E-state index in [0.717, 1.165) is 12.8 Å². The average molecular weight is 1060 g/mol. The smallest absolute Gasteiger partial charge is 0.251 e. The third-order valence-electron chi connectivity index (χ3n) is 19.7. The summed E-state index contributed by atoms with van der Waals surface area (Å²) in [6.07, 6.45) is 4.71. The van der Waals surface area contributed by atoms with Gasteiger partial charge in [0, 0.05) is 50.9 Å². The Kier molecular flexibility index (Phi) is 11.1. The Morgan fingerprint density at radius 1 is 0.443 bits per heavy atom. The maximum atomic E-state index is 2.84. The second-order valence-corrected chi connectivity index (χ2v) is 36.1. The molecule has 2 unspecified atom stereocenters. The van der Waals surface area contributed by atoms with Crippen LogP contribution >= 0.6 is 0 Å². The van der Waals surface area contributed by atoms with Crippen molar-refractivity contribution in [3.8, 4) is 11.1 Å². The molecule has 0 amide bonds. The number of benzene rings is 9. The van der Waals surface area contributed by atoms with E-state index in [0.29, 0.717) is 0 Å². The van der Waals surface area contributed by atoms with Crippen LogP contribution in [-0.2, 0) is 16.2 Å². The Morgan fingerprint density at radius 2 is 0.962 bits per heavy atom. The molecule has 0 N–H and O–H groups in total. The van der Waals surface area contributed by atoms with Crippen LogP contribution in [0.2, 0.25) is 19.6 Å². The van der Waals surface area contributed by atoms with Crippen LogP contribution in [0.15, 0.2) is 200 Å². The van der Waals surface area contributed by atoms with Crippen molar-refractivity contribution < 1.29 is 0 Å². The van der Waals surface area contributed by atoms with Crippen LogP contribution in [0.1, 0.15) is 97.8 Å². The summed E-state index contributed by atoms with van der Waals surface area (Å²) in [5.74, 6) is 0. The largest absolute Gasteiger partial charge is 0.334 e. The summed E-state index contributed by atoms with van der Waals surface area (Å²) in [7, 11) is -4.66. The average Bonchev–Trinajstić information content (AvgIpc) is 3.73. The van der Waals surface area contributed by atoms with Crippen LogP contribution in [0.5, 0.6) is 0 Å². The van der Waals surface area contributed by atoms with E-state index in [1.165, 1.54) is 128 Å². The van der Waals surface area contributed by atoms with E-state index in [4.69, 9.17) is 0 Å². The van der Waals surface area contributed by atoms with Crippen LogP contribution < -0.4 is 57.0 Å². The van der Waals surface area contributed by atoms with E-state index in [1.807, 2.05) is 0 Å². The van der Waals surface area contributed by atoms with Gasteiger partial charge >= 0.3 is 0 Å². The molecule has 2 atom stereocenters. The number of fused-ring (bicyclic) bond motifs is 3. The molecule has 0 spiro atoms. The van der Waals surface area contributed by atoms with Gasteiger partial charge in [-0.15, -0.1) is 0 Å². The highest BCUT2D eigenvalue weighted by molar-refractivity contribution is 7.27. The minimum Gasteiger partial charge on any atom is -0.334 e. The molecule has 1 aliphatic carbocycles. The van der Waals surface area contributed by atoms with Gasteiger partial charge in [0.15, 0.2) is 8.07 Å². The van der Waals surface area contributed by atoms with Crippen molar-refractivity contribution in [2.75, 3.05) is 14.7 Å². The summed E-state index contributed by atoms with van der Waals surface area (Å²) in [5, 5.41) is 7.30. The number of nitrogens with zero attached hydrogens (tertiary/aromatic N) is 3. The Bertz CT molecular complexity index is 3840. The highest BCUT2D eigenvalue weighted by Crippen LogP contribution is 2.62. The van der Waals surface area contributed by atoms with Crippen molar-refractivity contribution in [3.63, 3.8) is 0 Å². The SMILES string of the molecule is CC(C)(C)c1cc(N2c3cc(N4c5ccc(-c6ccccc6)cc5C5(C)CCCCC45C)cc4c3B3c5c(cccc5[Si](c5ccccc5)(c5ccccc5)c5cccc2c53)N4c2ccc([Si](C)(C)C)cc2)cc(C(C)(C)C)c1. The molecule has 0 aromatic heterocycles. The molecule has 392 valence electrons. The molecule has 14 rings (SSSR count). The predicted molar refractivity (Wildman–Crippen MR) is 346 cm³/mol. The molecule has 5 aliphatic rings. The lowest BCUT2D eigenvalue weighted by Crippen LogP contribution is -2.88. The number of rotatable bonds is 7. The molecule has 4 heterocycles. The molecule has 9 aromatic rings. The lowest BCUT2D eigenvalue weighted by molar-refractivity contribution is 0.195. The summed E-state index contributed by atoms with van der Waals surface area (Å²) in [6, 6.07) is 79.3. The van der Waals surface area contributed by atoms with Crippen LogP contribution in [0, 0.1) is 0 Å². The van der Waals surface area contributed by atoms with E-state index in [-0.39, 0.29) is 28.5 Å². The summed E-state index contributed by atoms with van der Waals surface area (Å²) >= 11 is 0. The third kappa shape index (κ3) is 7.22. The lowest BCUT2D eigenvalue weighted by Gasteiger charge is -2.53. The first-order valence-corrected chi connectivity index (χ1v) is 34.8. The van der Waals surface area contributed by atoms with Gasteiger partial charge in [-0.2, -0.15) is 0 Å². The van der Waals surface area contributed by atoms with Gasteiger partial charge in [-0.1, -0.05) is 226 Å². The monoisotopic (exact) mass is 1060 g/mol. The van der Waals surface area contributed by atoms with Crippen molar-refractivity contribution in [2.24, 2.45) is 0 Å². The maximum Gasteiger partial charge on any atom is 0.251 e. The minimum absolute atomic E-state index is 0.000897. The fraction of sp³-hybridized carbons (Fsp3) is 0.260. The highest BCUT2D eigenvalue weighted by Gasteiger charge is 2.60. The van der Waals surface area contributed by atoms with Crippen LogP contribution in [-0.4, -0.2) is 28.4 Å². The fourth-order valence-electron chi connectivity index (χ4n) is 15.4. The number of anilines is 8. The Labute approximate surface area is 473 Å². The van der Waals surface area contributed by atoms with Gasteiger partial charge in [-0.05, 0) is 156 Å². The van der Waals surface area contributed by atoms with E-state index in [9.17, 15) is 0 Å². The van der Waals surface area contributed by atoms with Gasteiger partial charge < -0.3 is 14.7 Å². The number of hydrogen-bond acceptors (Lipinski definition) is 3. The molecule has 0 saturated heterocycles. The Morgan fingerprint density at radius 3 is 1.49 bits per heavy atom. The van der Waals surface area contributed by atoms with Gasteiger partial charge in [0.05, 0.1) is 13.6 Å². The zero-order valence-electron chi connectivity index (χ0n) is 48.3. The summed E-state index contributed by atoms with van der Waals surface area (Å²) in [5.41, 5.74) is 20.9. The minimum atomic E-state index is -3.03. The van der Waals surface area contributed by atoms with Gasteiger partial charge in [0.1, 0.15) is 0 Å². The van der Waals surface area contributed by atoms with Crippen molar-refractivity contribution in [2.45, 2.75) is 122 Å². The Balaban J connectivity index is 1.14. The third-order valence-corrected chi connectivity index (χ3v) is 26.7. The van der Waals surface area contributed by atoms with Gasteiger partial charge in [-0.25, -0.2) is 0 Å². The molecule has 0 bridgehead atoms. The van der Waals surface area contributed by atoms with Crippen molar-refractivity contribution in [1.82, 2.24) is 0 Å². The second-order valence-electron chi connectivity index (χ2n) is 27.3. The first-order valence-electron chi connectivity index (χ1n) is 29.3. The number of hydrogen-bond donors (Lipinski definition) is 0. The van der Waals surface area contributed by atoms with Crippen LogP contribution in [0.4, 0.5) is 45.5 Å². The van der Waals surface area contributed by atoms with Crippen molar-refractivity contribution >= 4 is 111 Å². The molecule has 1 fully saturated rings. The van der Waals surface area contributed by atoms with Crippen molar-refractivity contribution in [3.05, 3.63) is 217 Å². The second kappa shape index (κ2) is 17.4. The van der Waals surface area contributed by atoms with Gasteiger partial charge in [-0.3, -0.25) is 0 Å². The molecular weight excluding hydrogens is 986 g/mol. The molecule has 0 radical (unpaired) electrons. The molecular formula is C73H74BN3Si2. The zero-order chi connectivity index (χ0) is 54.6. The predicted octanol–water partition coefficient (Wildman–Crippen LogP) is 14.0. The van der Waals surface area contributed by atoms with Gasteiger partial charge in [0.25, 0.3) is 6.71 Å². The highest BCUT2D eigenvalue weighted by atomic mass is 28.3. The molecule has 4 aliphatic heterocycles. The van der Waals surface area contributed by atoms with E-state index < -0.39 is 16.1 Å². The van der Waals surface area contributed by atoms with E-state index >= 15 is 0 Å². The molecule has 6 heteroatoms. The standard InChI is InChI=1S/C73H74BN3Si2/c1-70(2,3)51-44-52(71(4,5)6)46-54(45-51)76-62-32-24-34-66-69(62)74-67-63(47-55(48-64(67)76)77-60-40-35-50(49-25-15-12-16-26-49)43-59(60)72(7)41-21-22-42-73(72,77)8)75(53-36-38-56(39-37-53)78(9,10)11)61-31-23-33-65(68(61)74)79(66,57-27-17-13-18-28-57)58-29-19-14-20-30-58/h12-20,23-40,43-48H,21-22,41-42H2,1-11H3. The van der Waals surface area contributed by atoms with Crippen LogP contribution in [0.25, 0.3) is 11.1 Å². The Hall–Kier alpha value is -7.12. The first kappa shape index (κ1) is 50.1. The normalized spacial score (nSPS) is 19.5. The van der Waals surface area contributed by atoms with Crippen molar-refractivity contribution in [1.29, 1.82) is 0 Å². The summed E-state index contributed by atoms with van der Waals surface area (Å²) < 4.78 is 0. The molecule has 3 nitrogen and oxygen atoms in total. The molecule has 9 aromatic carbocycles. The summed E-state index contributed by atoms with van der Waals surface area (Å²) in [6.45, 7) is 26.9. The zero-order valence-corrected chi connectivity index (χ0v) is 50.3. The molecule has 79 heavy (non-hydrogen) atoms. The van der Waals surface area contributed by atoms with E-state index in [1.54, 1.807) is 0 Å². The first-order chi connectivity index (χ1) is 37.8. The topological polar surface area (TPSA) is 9.72 Å². The lowest BCUT2D eigenvalue weighted by atomic mass is 9.33.